The number of alkyl halides is 1. The van der Waals surface area contributed by atoms with E-state index in [1.165, 1.54) is 30.3 Å². The van der Waals surface area contributed by atoms with Crippen molar-refractivity contribution < 1.29 is 35.8 Å². The van der Waals surface area contributed by atoms with Gasteiger partial charge in [-0.25, -0.2) is 17.6 Å². The third-order valence-corrected chi connectivity index (χ3v) is 8.13. The van der Waals surface area contributed by atoms with Crippen LogP contribution in [-0.4, -0.2) is 13.3 Å². The Morgan fingerprint density at radius 2 is 1.34 bits per heavy atom. The van der Waals surface area contributed by atoms with Gasteiger partial charge in [0.25, 0.3) is 0 Å². The van der Waals surface area contributed by atoms with E-state index in [2.05, 4.69) is 0 Å². The summed E-state index contributed by atoms with van der Waals surface area (Å²) in [7, 11) is 0. The van der Waals surface area contributed by atoms with Gasteiger partial charge in [-0.2, -0.15) is 8.78 Å². The van der Waals surface area contributed by atoms with Gasteiger partial charge in [0.1, 0.15) is 19.1 Å². The molecule has 0 bridgehead atoms. The van der Waals surface area contributed by atoms with Crippen molar-refractivity contribution in [3.05, 3.63) is 70.6 Å². The third kappa shape index (κ3) is 6.49. The van der Waals surface area contributed by atoms with Crippen molar-refractivity contribution in [2.24, 2.45) is 17.8 Å². The fraction of sp³-hybridized carbons (Fsp3) is 0.533. The lowest BCUT2D eigenvalue weighted by atomic mass is 9.68. The first kappa shape index (κ1) is 28.4. The van der Waals surface area contributed by atoms with Gasteiger partial charge < -0.3 is 9.47 Å². The number of allylic oxidation sites excluding steroid dienone is 2. The van der Waals surface area contributed by atoms with Crippen molar-refractivity contribution in [3.63, 3.8) is 0 Å². The zero-order valence-corrected chi connectivity index (χ0v) is 21.6. The predicted molar refractivity (Wildman–Crippen MR) is 134 cm³/mol. The van der Waals surface area contributed by atoms with E-state index in [0.717, 1.165) is 51.4 Å². The summed E-state index contributed by atoms with van der Waals surface area (Å²) in [5.74, 6) is -4.65. The lowest BCUT2D eigenvalue weighted by Crippen LogP contribution is -2.25. The molecule has 0 unspecified atom stereocenters. The van der Waals surface area contributed by atoms with Gasteiger partial charge in [-0.1, -0.05) is 6.07 Å². The molecule has 0 N–H and O–H groups in total. The molecule has 2 aromatic carbocycles. The highest BCUT2D eigenvalue weighted by Gasteiger charge is 2.32. The molecule has 2 aliphatic rings. The monoisotopic (exact) mass is 540 g/mol. The maximum Gasteiger partial charge on any atom is 0.201 e. The largest absolute Gasteiger partial charge is 0.491 e. The quantitative estimate of drug-likeness (QED) is 0.295. The molecule has 208 valence electrons. The highest BCUT2D eigenvalue weighted by molar-refractivity contribution is 5.35. The Hall–Kier alpha value is -2.64. The fourth-order valence-electron chi connectivity index (χ4n) is 6.06. The number of halogens is 6. The Balaban J connectivity index is 1.32. The van der Waals surface area contributed by atoms with Gasteiger partial charge in [0, 0.05) is 5.56 Å². The minimum atomic E-state index is -1.15. The predicted octanol–water partition coefficient (Wildman–Crippen LogP) is 9.12. The molecule has 0 atom stereocenters. The molecule has 0 heterocycles. The second kappa shape index (κ2) is 12.9. The second-order valence-corrected chi connectivity index (χ2v) is 10.4. The van der Waals surface area contributed by atoms with Gasteiger partial charge in [-0.15, -0.1) is 0 Å². The van der Waals surface area contributed by atoms with E-state index in [-0.39, 0.29) is 35.5 Å². The van der Waals surface area contributed by atoms with Crippen LogP contribution in [0.3, 0.4) is 0 Å². The summed E-state index contributed by atoms with van der Waals surface area (Å²) < 4.78 is 94.2. The number of rotatable bonds is 9. The Bertz CT molecular complexity index is 1120. The molecule has 0 radical (unpaired) electrons. The molecule has 2 fully saturated rings. The molecule has 4 rings (SSSR count). The molecule has 0 aromatic heterocycles. The first-order chi connectivity index (χ1) is 18.3. The van der Waals surface area contributed by atoms with Gasteiger partial charge in [-0.05, 0) is 112 Å². The van der Waals surface area contributed by atoms with Crippen molar-refractivity contribution in [1.82, 2.24) is 0 Å². The Kier molecular flexibility index (Phi) is 9.66. The third-order valence-electron chi connectivity index (χ3n) is 8.13. The molecule has 0 spiro atoms. The van der Waals surface area contributed by atoms with E-state index in [4.69, 9.17) is 9.47 Å². The summed E-state index contributed by atoms with van der Waals surface area (Å²) in [5.41, 5.74) is 0.174. The van der Waals surface area contributed by atoms with E-state index >= 15 is 4.39 Å². The summed E-state index contributed by atoms with van der Waals surface area (Å²) in [6.07, 6.45) is 8.40. The van der Waals surface area contributed by atoms with Crippen LogP contribution in [0.1, 0.15) is 75.3 Å². The lowest BCUT2D eigenvalue weighted by Gasteiger charge is -2.37. The van der Waals surface area contributed by atoms with Crippen LogP contribution in [0.5, 0.6) is 11.5 Å². The topological polar surface area (TPSA) is 18.5 Å². The Morgan fingerprint density at radius 1 is 0.763 bits per heavy atom. The van der Waals surface area contributed by atoms with Crippen molar-refractivity contribution in [1.29, 1.82) is 0 Å². The van der Waals surface area contributed by atoms with Crippen LogP contribution in [0.2, 0.25) is 0 Å². The normalized spacial score (nSPS) is 24.3. The van der Waals surface area contributed by atoms with Gasteiger partial charge in [0.15, 0.2) is 23.1 Å². The highest BCUT2D eigenvalue weighted by Crippen LogP contribution is 2.45. The van der Waals surface area contributed by atoms with Crippen LogP contribution in [0.4, 0.5) is 26.3 Å². The number of ether oxygens (including phenoxy) is 2. The van der Waals surface area contributed by atoms with Crippen molar-refractivity contribution in [3.8, 4) is 11.5 Å². The van der Waals surface area contributed by atoms with Gasteiger partial charge in [0.05, 0.1) is 6.61 Å². The molecule has 2 aromatic rings. The smallest absolute Gasteiger partial charge is 0.201 e. The summed E-state index contributed by atoms with van der Waals surface area (Å²) in [6, 6.07) is 5.42. The molecule has 2 aliphatic carbocycles. The summed E-state index contributed by atoms with van der Waals surface area (Å²) in [5, 5.41) is 0. The molecule has 2 nitrogen and oxygen atoms in total. The van der Waals surface area contributed by atoms with Crippen LogP contribution in [0.15, 0.2) is 36.2 Å². The van der Waals surface area contributed by atoms with Crippen LogP contribution in [0.25, 0.3) is 0 Å². The average molecular weight is 541 g/mol. The molecule has 8 heteroatoms. The lowest BCUT2D eigenvalue weighted by molar-refractivity contribution is 0.170. The zero-order valence-electron chi connectivity index (χ0n) is 21.6. The number of benzene rings is 2. The van der Waals surface area contributed by atoms with E-state index in [1.54, 1.807) is 6.92 Å². The van der Waals surface area contributed by atoms with Crippen molar-refractivity contribution in [2.45, 2.75) is 70.8 Å². The van der Waals surface area contributed by atoms with E-state index in [1.807, 2.05) is 0 Å². The SMILES string of the molecule is CCOc1ccc(COc2ccc(C3CCC(C4CCC(C=C(F)CF)CC4)CC3)c(F)c2F)c(F)c1F. The molecule has 38 heavy (non-hydrogen) atoms. The first-order valence-corrected chi connectivity index (χ1v) is 13.4. The van der Waals surface area contributed by atoms with Crippen LogP contribution < -0.4 is 9.47 Å². The van der Waals surface area contributed by atoms with Gasteiger partial charge in [0.2, 0.25) is 11.6 Å². The average Bonchev–Trinajstić information content (AvgIpc) is 2.93. The van der Waals surface area contributed by atoms with E-state index in [9.17, 15) is 22.0 Å². The fourth-order valence-corrected chi connectivity index (χ4v) is 6.06. The van der Waals surface area contributed by atoms with Crippen molar-refractivity contribution in [2.75, 3.05) is 13.3 Å². The van der Waals surface area contributed by atoms with Crippen LogP contribution >= 0.6 is 0 Å². The molecule has 2 saturated carbocycles. The molecule has 0 amide bonds. The minimum Gasteiger partial charge on any atom is -0.491 e. The first-order valence-electron chi connectivity index (χ1n) is 13.4. The summed E-state index contributed by atoms with van der Waals surface area (Å²) in [6.45, 7) is 0.311. The van der Waals surface area contributed by atoms with Crippen LogP contribution in [-0.2, 0) is 6.61 Å². The highest BCUT2D eigenvalue weighted by atomic mass is 19.2. The van der Waals surface area contributed by atoms with Gasteiger partial charge in [-0.3, -0.25) is 0 Å². The molecule has 0 saturated heterocycles. The summed E-state index contributed by atoms with van der Waals surface area (Å²) in [4.78, 5) is 0. The van der Waals surface area contributed by atoms with Crippen molar-refractivity contribution >= 4 is 0 Å². The summed E-state index contributed by atoms with van der Waals surface area (Å²) >= 11 is 0. The number of hydrogen-bond donors (Lipinski definition) is 0. The minimum absolute atomic E-state index is 0.0982. The Morgan fingerprint density at radius 3 is 1.97 bits per heavy atom. The van der Waals surface area contributed by atoms with E-state index in [0.29, 0.717) is 17.4 Å². The Labute approximate surface area is 220 Å². The maximum atomic E-state index is 15.0. The molecular formula is C30H34F6O2. The standard InChI is InChI=1S/C30H34F6O2/c1-2-37-25-13-11-22(27(33)29(25)35)17-38-26-14-12-24(28(34)30(26)36)21-9-7-20(8-10-21)19-5-3-18(4-6-19)15-23(32)16-31/h11-15,18-21H,2-10,16-17H2,1H3. The second-order valence-electron chi connectivity index (χ2n) is 10.4. The number of hydrogen-bond acceptors (Lipinski definition) is 2. The van der Waals surface area contributed by atoms with Crippen LogP contribution in [0, 0.1) is 41.0 Å². The zero-order chi connectivity index (χ0) is 27.2. The van der Waals surface area contributed by atoms with E-state index < -0.39 is 42.4 Å². The maximum absolute atomic E-state index is 15.0. The van der Waals surface area contributed by atoms with Gasteiger partial charge >= 0.3 is 0 Å². The molecular weight excluding hydrogens is 506 g/mol. The molecule has 0 aliphatic heterocycles.